The lowest BCUT2D eigenvalue weighted by molar-refractivity contribution is -0.117. The van der Waals surface area contributed by atoms with Gasteiger partial charge >= 0.3 is 0 Å². The van der Waals surface area contributed by atoms with E-state index in [0.29, 0.717) is 13.0 Å². The molecule has 0 bridgehead atoms. The van der Waals surface area contributed by atoms with E-state index in [-0.39, 0.29) is 5.91 Å². The van der Waals surface area contributed by atoms with Crippen LogP contribution in [0.4, 0.5) is 11.4 Å². The molecule has 0 heterocycles. The Labute approximate surface area is 114 Å². The van der Waals surface area contributed by atoms with Crippen molar-refractivity contribution in [2.45, 2.75) is 19.4 Å². The van der Waals surface area contributed by atoms with E-state index >= 15 is 0 Å². The number of rotatable bonds is 6. The van der Waals surface area contributed by atoms with Crippen LogP contribution in [0.5, 0.6) is 0 Å². The zero-order valence-electron chi connectivity index (χ0n) is 12.1. The molecule has 5 nitrogen and oxygen atoms in total. The summed E-state index contributed by atoms with van der Waals surface area (Å²) in [7, 11) is 5.55. The summed E-state index contributed by atoms with van der Waals surface area (Å²) >= 11 is 0. The van der Waals surface area contributed by atoms with Crippen LogP contribution in [0.1, 0.15) is 12.0 Å². The first-order chi connectivity index (χ1) is 8.95. The summed E-state index contributed by atoms with van der Waals surface area (Å²) in [5.41, 5.74) is 8.68. The number of benzene rings is 1. The lowest BCUT2D eigenvalue weighted by Crippen LogP contribution is -2.36. The van der Waals surface area contributed by atoms with Crippen LogP contribution in [0.2, 0.25) is 0 Å². The highest BCUT2D eigenvalue weighted by Crippen LogP contribution is 2.21. The van der Waals surface area contributed by atoms with Crippen molar-refractivity contribution >= 4 is 17.3 Å². The Balaban J connectivity index is 2.69. The summed E-state index contributed by atoms with van der Waals surface area (Å²) in [4.78, 5) is 13.9. The van der Waals surface area contributed by atoms with Gasteiger partial charge in [0, 0.05) is 39.2 Å². The van der Waals surface area contributed by atoms with Crippen molar-refractivity contribution in [2.75, 3.05) is 38.0 Å². The van der Waals surface area contributed by atoms with Crippen molar-refractivity contribution in [3.8, 4) is 0 Å². The molecule has 1 amide bonds. The first kappa shape index (κ1) is 15.5. The van der Waals surface area contributed by atoms with E-state index in [1.54, 1.807) is 7.11 Å². The molecule has 0 aliphatic carbocycles. The number of nitrogens with zero attached hydrogens (tertiary/aromatic N) is 1. The average Bonchev–Trinajstić information content (AvgIpc) is 2.37. The fraction of sp³-hybridized carbons (Fsp3) is 0.500. The Morgan fingerprint density at radius 1 is 1.47 bits per heavy atom. The van der Waals surface area contributed by atoms with Crippen LogP contribution in [0.25, 0.3) is 0 Å². The van der Waals surface area contributed by atoms with Gasteiger partial charge in [0.15, 0.2) is 0 Å². The van der Waals surface area contributed by atoms with Crippen molar-refractivity contribution in [1.29, 1.82) is 0 Å². The first-order valence-electron chi connectivity index (χ1n) is 6.29. The van der Waals surface area contributed by atoms with Crippen LogP contribution in [0.3, 0.4) is 0 Å². The minimum atomic E-state index is -0.548. The number of carbonyl (C=O) groups excluding carboxylic acids is 1. The normalized spacial score (nSPS) is 12.1. The molecule has 1 aromatic carbocycles. The van der Waals surface area contributed by atoms with Crippen molar-refractivity contribution in [1.82, 2.24) is 0 Å². The molecular formula is C14H23N3O2. The third kappa shape index (κ3) is 4.54. The van der Waals surface area contributed by atoms with Gasteiger partial charge in [-0.25, -0.2) is 0 Å². The zero-order valence-corrected chi connectivity index (χ0v) is 12.1. The Bertz CT molecular complexity index is 433. The molecule has 106 valence electrons. The molecule has 0 radical (unpaired) electrons. The largest absolute Gasteiger partial charge is 0.385 e. The van der Waals surface area contributed by atoms with E-state index in [0.717, 1.165) is 16.9 Å². The number of methoxy groups -OCH3 is 1. The summed E-state index contributed by atoms with van der Waals surface area (Å²) in [5.74, 6) is -0.183. The predicted molar refractivity (Wildman–Crippen MR) is 78.6 cm³/mol. The van der Waals surface area contributed by atoms with Gasteiger partial charge in [0.2, 0.25) is 5.91 Å². The molecule has 0 aliphatic heterocycles. The molecular weight excluding hydrogens is 242 g/mol. The number of nitrogens with two attached hydrogens (primary N) is 1. The van der Waals surface area contributed by atoms with E-state index in [4.69, 9.17) is 10.5 Å². The summed E-state index contributed by atoms with van der Waals surface area (Å²) < 4.78 is 4.91. The van der Waals surface area contributed by atoms with Crippen molar-refractivity contribution < 1.29 is 9.53 Å². The molecule has 3 N–H and O–H groups in total. The first-order valence-corrected chi connectivity index (χ1v) is 6.29. The summed E-state index contributed by atoms with van der Waals surface area (Å²) in [6.07, 6.45) is 0.511. The second kappa shape index (κ2) is 7.11. The van der Waals surface area contributed by atoms with E-state index in [1.807, 2.05) is 44.1 Å². The molecule has 1 unspecified atom stereocenters. The van der Waals surface area contributed by atoms with Crippen molar-refractivity contribution in [3.63, 3.8) is 0 Å². The summed E-state index contributed by atoms with van der Waals surface area (Å²) in [6, 6.07) is 5.33. The quantitative estimate of drug-likeness (QED) is 0.815. The van der Waals surface area contributed by atoms with Crippen LogP contribution in [-0.4, -0.2) is 39.8 Å². The van der Waals surface area contributed by atoms with Crippen LogP contribution in [-0.2, 0) is 9.53 Å². The predicted octanol–water partition coefficient (Wildman–Crippen LogP) is 1.36. The fourth-order valence-corrected chi connectivity index (χ4v) is 1.67. The van der Waals surface area contributed by atoms with Crippen molar-refractivity contribution in [2.24, 2.45) is 5.73 Å². The Morgan fingerprint density at radius 2 is 2.16 bits per heavy atom. The summed E-state index contributed by atoms with van der Waals surface area (Å²) in [5, 5.41) is 2.85. The SMILES string of the molecule is COCCC(N)C(=O)Nc1ccc(N(C)C)cc1C. The molecule has 1 aromatic rings. The number of carbonyl (C=O) groups is 1. The Morgan fingerprint density at radius 3 is 2.68 bits per heavy atom. The smallest absolute Gasteiger partial charge is 0.241 e. The molecule has 0 spiro atoms. The number of hydrogen-bond acceptors (Lipinski definition) is 4. The van der Waals surface area contributed by atoms with E-state index < -0.39 is 6.04 Å². The minimum Gasteiger partial charge on any atom is -0.385 e. The third-order valence-corrected chi connectivity index (χ3v) is 2.95. The maximum atomic E-state index is 11.9. The number of hydrogen-bond donors (Lipinski definition) is 2. The molecule has 19 heavy (non-hydrogen) atoms. The molecule has 1 atom stereocenters. The lowest BCUT2D eigenvalue weighted by Gasteiger charge is -2.17. The van der Waals surface area contributed by atoms with Crippen molar-refractivity contribution in [3.05, 3.63) is 23.8 Å². The Kier molecular flexibility index (Phi) is 5.79. The van der Waals surface area contributed by atoms with Gasteiger partial charge in [0.25, 0.3) is 0 Å². The molecule has 0 saturated heterocycles. The number of anilines is 2. The molecule has 0 aliphatic rings. The van der Waals surface area contributed by atoms with E-state index in [1.165, 1.54) is 0 Å². The summed E-state index contributed by atoms with van der Waals surface area (Å²) in [6.45, 7) is 2.44. The van der Waals surface area contributed by atoms with Crippen LogP contribution in [0, 0.1) is 6.92 Å². The van der Waals surface area contributed by atoms with E-state index in [9.17, 15) is 4.79 Å². The van der Waals surface area contributed by atoms with Crippen LogP contribution < -0.4 is 16.0 Å². The van der Waals surface area contributed by atoms with Gasteiger partial charge in [-0.05, 0) is 37.1 Å². The standard InChI is InChI=1S/C14H23N3O2/c1-10-9-11(17(2)3)5-6-13(10)16-14(18)12(15)7-8-19-4/h5-6,9,12H,7-8,15H2,1-4H3,(H,16,18). The van der Waals surface area contributed by atoms with Gasteiger partial charge in [-0.15, -0.1) is 0 Å². The fourth-order valence-electron chi connectivity index (χ4n) is 1.67. The molecule has 1 rings (SSSR count). The van der Waals surface area contributed by atoms with Crippen LogP contribution >= 0.6 is 0 Å². The van der Waals surface area contributed by atoms with Crippen LogP contribution in [0.15, 0.2) is 18.2 Å². The maximum absolute atomic E-state index is 11.9. The topological polar surface area (TPSA) is 67.6 Å². The molecule has 0 fully saturated rings. The van der Waals surface area contributed by atoms with E-state index in [2.05, 4.69) is 5.32 Å². The second-order valence-corrected chi connectivity index (χ2v) is 4.77. The maximum Gasteiger partial charge on any atom is 0.241 e. The number of amides is 1. The zero-order chi connectivity index (χ0) is 14.4. The van der Waals surface area contributed by atoms with Gasteiger partial charge < -0.3 is 20.7 Å². The second-order valence-electron chi connectivity index (χ2n) is 4.77. The highest BCUT2D eigenvalue weighted by Gasteiger charge is 2.14. The van der Waals surface area contributed by atoms with Gasteiger partial charge in [-0.2, -0.15) is 0 Å². The number of ether oxygens (including phenoxy) is 1. The van der Waals surface area contributed by atoms with Gasteiger partial charge in [0.1, 0.15) is 0 Å². The highest BCUT2D eigenvalue weighted by atomic mass is 16.5. The highest BCUT2D eigenvalue weighted by molar-refractivity contribution is 5.95. The monoisotopic (exact) mass is 265 g/mol. The number of nitrogens with one attached hydrogen (secondary N) is 1. The number of aryl methyl sites for hydroxylation is 1. The van der Waals surface area contributed by atoms with Gasteiger partial charge in [0.05, 0.1) is 6.04 Å². The third-order valence-electron chi connectivity index (χ3n) is 2.95. The average molecular weight is 265 g/mol. The molecule has 0 saturated carbocycles. The molecule has 5 heteroatoms. The Hall–Kier alpha value is -1.59. The van der Waals surface area contributed by atoms with Gasteiger partial charge in [-0.3, -0.25) is 4.79 Å². The lowest BCUT2D eigenvalue weighted by atomic mass is 10.1. The van der Waals surface area contributed by atoms with Gasteiger partial charge in [-0.1, -0.05) is 0 Å². The minimum absolute atomic E-state index is 0.183. The molecule has 0 aromatic heterocycles.